The number of ether oxygens (including phenoxy) is 1. The molecule has 0 saturated carbocycles. The number of carboxylic acids is 1. The minimum atomic E-state index is -0.825. The van der Waals surface area contributed by atoms with E-state index in [-0.39, 0.29) is 30.6 Å². The van der Waals surface area contributed by atoms with E-state index in [1.165, 1.54) is 0 Å². The van der Waals surface area contributed by atoms with Crippen LogP contribution in [0.15, 0.2) is 0 Å². The highest BCUT2D eigenvalue weighted by Gasteiger charge is 2.31. The van der Waals surface area contributed by atoms with Gasteiger partial charge < -0.3 is 14.7 Å². The molecule has 0 aromatic heterocycles. The van der Waals surface area contributed by atoms with E-state index in [4.69, 9.17) is 9.84 Å². The number of rotatable bonds is 13. The van der Waals surface area contributed by atoms with E-state index >= 15 is 0 Å². The quantitative estimate of drug-likeness (QED) is 0.409. The van der Waals surface area contributed by atoms with Crippen LogP contribution >= 0.6 is 0 Å². The van der Waals surface area contributed by atoms with E-state index < -0.39 is 5.97 Å². The fourth-order valence-electron chi connectivity index (χ4n) is 3.15. The van der Waals surface area contributed by atoms with Crippen LogP contribution in [0.2, 0.25) is 0 Å². The van der Waals surface area contributed by atoms with Gasteiger partial charge in [-0.25, -0.2) is 0 Å². The molecule has 0 aromatic carbocycles. The van der Waals surface area contributed by atoms with E-state index in [2.05, 4.69) is 23.6 Å². The second-order valence-corrected chi connectivity index (χ2v) is 6.11. The third kappa shape index (κ3) is 7.62. The van der Waals surface area contributed by atoms with Gasteiger partial charge in [-0.15, -0.1) is 0 Å². The zero-order valence-corrected chi connectivity index (χ0v) is 16.2. The molecule has 1 N–H and O–H groups in total. The van der Waals surface area contributed by atoms with Gasteiger partial charge in [0.1, 0.15) is 0 Å². The fraction of sp³-hybridized carbons (Fsp3) is 0.889. The molecule has 0 radical (unpaired) electrons. The van der Waals surface area contributed by atoms with Crippen molar-refractivity contribution in [3.63, 3.8) is 0 Å². The lowest BCUT2D eigenvalue weighted by molar-refractivity contribution is -0.165. The first kappa shape index (κ1) is 22.9. The first-order chi connectivity index (χ1) is 11.3. The van der Waals surface area contributed by atoms with Gasteiger partial charge in [0.2, 0.25) is 0 Å². The van der Waals surface area contributed by atoms with Crippen molar-refractivity contribution < 1.29 is 19.4 Å². The van der Waals surface area contributed by atoms with Crippen molar-refractivity contribution in [2.45, 2.75) is 73.1 Å². The Bertz CT molecular complexity index is 368. The molecular weight excluding hydrogens is 308 g/mol. The van der Waals surface area contributed by atoms with Gasteiger partial charge in [-0.2, -0.15) is 0 Å². The molecule has 0 heterocycles. The van der Waals surface area contributed by atoms with Crippen LogP contribution in [-0.4, -0.2) is 65.3 Å². The summed E-state index contributed by atoms with van der Waals surface area (Å²) in [6.45, 7) is 15.5. The van der Waals surface area contributed by atoms with Gasteiger partial charge in [-0.05, 0) is 52.9 Å². The van der Waals surface area contributed by atoms with Crippen molar-refractivity contribution in [1.29, 1.82) is 0 Å². The molecule has 0 spiro atoms. The van der Waals surface area contributed by atoms with Gasteiger partial charge in [0.05, 0.1) is 5.92 Å². The molecule has 6 nitrogen and oxygen atoms in total. The Hall–Kier alpha value is -1.14. The first-order valence-electron chi connectivity index (χ1n) is 9.22. The number of hydrogen-bond acceptors (Lipinski definition) is 5. The third-order valence-corrected chi connectivity index (χ3v) is 4.79. The Morgan fingerprint density at radius 2 is 1.46 bits per heavy atom. The average Bonchev–Trinajstić information content (AvgIpc) is 2.53. The molecule has 0 aliphatic carbocycles. The number of nitrogens with zero attached hydrogens (tertiary/aromatic N) is 2. The number of carbonyl (C=O) groups excluding carboxylic acids is 1. The maximum absolute atomic E-state index is 12.7. The Morgan fingerprint density at radius 1 is 0.958 bits per heavy atom. The predicted molar refractivity (Wildman–Crippen MR) is 95.8 cm³/mol. The highest BCUT2D eigenvalue weighted by Crippen LogP contribution is 2.21. The van der Waals surface area contributed by atoms with E-state index in [1.807, 2.05) is 27.7 Å². The lowest BCUT2D eigenvalue weighted by Gasteiger charge is -2.34. The minimum absolute atomic E-state index is 0.0326. The smallest absolute Gasteiger partial charge is 0.312 e. The molecule has 3 unspecified atom stereocenters. The molecule has 6 heteroatoms. The molecular formula is C18H36N2O4. The fourth-order valence-corrected chi connectivity index (χ4v) is 3.15. The zero-order valence-electron chi connectivity index (χ0n) is 16.2. The molecule has 0 aliphatic heterocycles. The van der Waals surface area contributed by atoms with Crippen LogP contribution in [0.25, 0.3) is 0 Å². The Kier molecular flexibility index (Phi) is 11.7. The summed E-state index contributed by atoms with van der Waals surface area (Å²) >= 11 is 0. The highest BCUT2D eigenvalue weighted by molar-refractivity contribution is 5.73. The van der Waals surface area contributed by atoms with Crippen LogP contribution in [0.1, 0.15) is 60.8 Å². The van der Waals surface area contributed by atoms with Gasteiger partial charge in [-0.3, -0.25) is 14.5 Å². The summed E-state index contributed by atoms with van der Waals surface area (Å²) in [6, 6.07) is 0.0326. The van der Waals surface area contributed by atoms with Gasteiger partial charge in [0.15, 0.2) is 6.23 Å². The third-order valence-electron chi connectivity index (χ3n) is 4.79. The Balaban J connectivity index is 5.00. The van der Waals surface area contributed by atoms with Gasteiger partial charge >= 0.3 is 11.9 Å². The minimum Gasteiger partial charge on any atom is -0.481 e. The topological polar surface area (TPSA) is 70.1 Å². The van der Waals surface area contributed by atoms with E-state index in [1.54, 1.807) is 0 Å². The summed E-state index contributed by atoms with van der Waals surface area (Å²) in [7, 11) is 0. The molecule has 0 bridgehead atoms. The average molecular weight is 344 g/mol. The molecule has 0 aliphatic rings. The predicted octanol–water partition coefficient (Wildman–Crippen LogP) is 2.82. The lowest BCUT2D eigenvalue weighted by Crippen LogP contribution is -2.44. The van der Waals surface area contributed by atoms with Crippen LogP contribution in [-0.2, 0) is 14.3 Å². The van der Waals surface area contributed by atoms with Crippen molar-refractivity contribution in [2.75, 3.05) is 26.2 Å². The maximum Gasteiger partial charge on any atom is 0.312 e. The van der Waals surface area contributed by atoms with Crippen LogP contribution in [0, 0.1) is 5.92 Å². The molecule has 0 rings (SSSR count). The van der Waals surface area contributed by atoms with Crippen LogP contribution < -0.4 is 0 Å². The molecule has 0 amide bonds. The van der Waals surface area contributed by atoms with Crippen molar-refractivity contribution in [3.05, 3.63) is 0 Å². The van der Waals surface area contributed by atoms with Crippen LogP contribution in [0.3, 0.4) is 0 Å². The van der Waals surface area contributed by atoms with Gasteiger partial charge in [-0.1, -0.05) is 27.7 Å². The van der Waals surface area contributed by atoms with Crippen LogP contribution in [0.4, 0.5) is 0 Å². The lowest BCUT2D eigenvalue weighted by atomic mass is 9.93. The Labute approximate surface area is 147 Å². The van der Waals surface area contributed by atoms with Gasteiger partial charge in [0.25, 0.3) is 0 Å². The van der Waals surface area contributed by atoms with Crippen molar-refractivity contribution in [2.24, 2.45) is 5.92 Å². The summed E-state index contributed by atoms with van der Waals surface area (Å²) in [6.07, 6.45) is 0.840. The van der Waals surface area contributed by atoms with E-state index in [0.717, 1.165) is 26.2 Å². The summed E-state index contributed by atoms with van der Waals surface area (Å²) in [5.41, 5.74) is 0. The number of esters is 1. The summed E-state index contributed by atoms with van der Waals surface area (Å²) < 4.78 is 5.69. The van der Waals surface area contributed by atoms with Crippen molar-refractivity contribution >= 4 is 11.9 Å². The SMILES string of the molecule is CCN(CC)C(C)OC(=O)C(CCCC(=O)O)C(C)N(CC)CC. The molecule has 0 saturated heterocycles. The van der Waals surface area contributed by atoms with E-state index in [0.29, 0.717) is 12.8 Å². The number of hydrogen-bond donors (Lipinski definition) is 1. The number of aliphatic carboxylic acids is 1. The highest BCUT2D eigenvalue weighted by atomic mass is 16.6. The normalized spacial score (nSPS) is 15.3. The largest absolute Gasteiger partial charge is 0.481 e. The summed E-state index contributed by atoms with van der Waals surface area (Å²) in [4.78, 5) is 27.8. The maximum atomic E-state index is 12.7. The van der Waals surface area contributed by atoms with Crippen molar-refractivity contribution in [1.82, 2.24) is 9.80 Å². The molecule has 3 atom stereocenters. The first-order valence-corrected chi connectivity index (χ1v) is 9.22. The molecule has 24 heavy (non-hydrogen) atoms. The molecule has 0 aromatic rings. The summed E-state index contributed by atoms with van der Waals surface area (Å²) in [5.74, 6) is -1.35. The Morgan fingerprint density at radius 3 is 1.88 bits per heavy atom. The standard InChI is InChI=1S/C18H36N2O4/c1-7-19(8-2)14(5)16(12-11-13-17(21)22)18(23)24-15(6)20(9-3)10-4/h14-16H,7-13H2,1-6H3,(H,21,22). The monoisotopic (exact) mass is 344 g/mol. The molecule has 0 fully saturated rings. The zero-order chi connectivity index (χ0) is 18.7. The van der Waals surface area contributed by atoms with E-state index in [9.17, 15) is 9.59 Å². The second kappa shape index (κ2) is 12.3. The van der Waals surface area contributed by atoms with Crippen molar-refractivity contribution in [3.8, 4) is 0 Å². The number of carboxylic acid groups (broad SMARTS) is 1. The number of carbonyl (C=O) groups is 2. The van der Waals surface area contributed by atoms with Crippen LogP contribution in [0.5, 0.6) is 0 Å². The van der Waals surface area contributed by atoms with Gasteiger partial charge in [0, 0.05) is 12.5 Å². The molecule has 142 valence electrons. The summed E-state index contributed by atoms with van der Waals surface area (Å²) in [5, 5.41) is 8.85. The second-order valence-electron chi connectivity index (χ2n) is 6.11.